The summed E-state index contributed by atoms with van der Waals surface area (Å²) in [6.45, 7) is 4.18. The van der Waals surface area contributed by atoms with E-state index in [4.69, 9.17) is 0 Å². The summed E-state index contributed by atoms with van der Waals surface area (Å²) in [5.74, 6) is -0.112. The molecule has 4 aromatic carbocycles. The number of aryl methyl sites for hydroxylation is 1. The molecule has 4 nitrogen and oxygen atoms in total. The molecule has 190 valence electrons. The standard InChI is InChI=1S/C24H23FN2O2S.C7H8/c1-2-27(24(29)19-8-10-20(25)11-9-19)16-23(28)26-21-12-14-22(15-13-21)30-17-18-6-4-3-5-7-18;1-7-5-3-2-4-6-7/h3-15H,2,16-17H2,1H3,(H,26,28);2-6H,1H3. The number of nitrogens with one attached hydrogen (secondary N) is 1. The van der Waals surface area contributed by atoms with Crippen LogP contribution in [0.1, 0.15) is 28.4 Å². The van der Waals surface area contributed by atoms with Gasteiger partial charge in [0.15, 0.2) is 0 Å². The van der Waals surface area contributed by atoms with E-state index in [1.54, 1.807) is 18.7 Å². The molecule has 0 fully saturated rings. The van der Waals surface area contributed by atoms with Crippen molar-refractivity contribution in [3.8, 4) is 0 Å². The molecule has 0 aliphatic carbocycles. The van der Waals surface area contributed by atoms with Crippen LogP contribution in [0.3, 0.4) is 0 Å². The quantitative estimate of drug-likeness (QED) is 0.253. The van der Waals surface area contributed by atoms with E-state index in [-0.39, 0.29) is 18.4 Å². The van der Waals surface area contributed by atoms with Crippen molar-refractivity contribution in [2.24, 2.45) is 0 Å². The summed E-state index contributed by atoms with van der Waals surface area (Å²) in [6, 6.07) is 33.4. The summed E-state index contributed by atoms with van der Waals surface area (Å²) < 4.78 is 13.1. The lowest BCUT2D eigenvalue weighted by Gasteiger charge is -2.20. The first-order valence-electron chi connectivity index (χ1n) is 12.1. The first-order chi connectivity index (χ1) is 17.9. The van der Waals surface area contributed by atoms with Gasteiger partial charge in [0, 0.05) is 28.4 Å². The van der Waals surface area contributed by atoms with E-state index in [0.717, 1.165) is 10.6 Å². The van der Waals surface area contributed by atoms with Gasteiger partial charge in [-0.3, -0.25) is 9.59 Å². The van der Waals surface area contributed by atoms with Gasteiger partial charge >= 0.3 is 0 Å². The van der Waals surface area contributed by atoms with Crippen LogP contribution in [0.15, 0.2) is 114 Å². The van der Waals surface area contributed by atoms with Crippen molar-refractivity contribution >= 4 is 29.3 Å². The molecule has 0 saturated heterocycles. The number of benzene rings is 4. The van der Waals surface area contributed by atoms with Crippen molar-refractivity contribution in [2.45, 2.75) is 24.5 Å². The number of amides is 2. The van der Waals surface area contributed by atoms with Crippen LogP contribution in [0.2, 0.25) is 0 Å². The Labute approximate surface area is 222 Å². The predicted octanol–water partition coefficient (Wildman–Crippen LogP) is 7.21. The van der Waals surface area contributed by atoms with Crippen LogP contribution in [-0.2, 0) is 10.5 Å². The topological polar surface area (TPSA) is 49.4 Å². The number of nitrogens with zero attached hydrogens (tertiary/aromatic N) is 1. The summed E-state index contributed by atoms with van der Waals surface area (Å²) in [4.78, 5) is 27.5. The SMILES string of the molecule is CCN(CC(=O)Nc1ccc(SCc2ccccc2)cc1)C(=O)c1ccc(F)cc1.Cc1ccccc1. The number of halogens is 1. The number of carbonyl (C=O) groups excluding carboxylic acids is 2. The molecule has 1 N–H and O–H groups in total. The van der Waals surface area contributed by atoms with Gasteiger partial charge < -0.3 is 10.2 Å². The fraction of sp³-hybridized carbons (Fsp3) is 0.161. The fourth-order valence-corrected chi connectivity index (χ4v) is 4.24. The molecule has 0 aromatic heterocycles. The summed E-state index contributed by atoms with van der Waals surface area (Å²) in [6.07, 6.45) is 0. The second kappa shape index (κ2) is 14.6. The van der Waals surface area contributed by atoms with Gasteiger partial charge in [0.2, 0.25) is 5.91 Å². The number of anilines is 1. The van der Waals surface area contributed by atoms with Crippen molar-refractivity contribution in [1.29, 1.82) is 0 Å². The monoisotopic (exact) mass is 514 g/mol. The van der Waals surface area contributed by atoms with E-state index < -0.39 is 5.82 Å². The third kappa shape index (κ3) is 9.58. The summed E-state index contributed by atoms with van der Waals surface area (Å²) in [5.41, 5.74) is 3.60. The molecule has 4 aromatic rings. The molecule has 0 heterocycles. The van der Waals surface area contributed by atoms with E-state index in [2.05, 4.69) is 36.5 Å². The number of hydrogen-bond donors (Lipinski definition) is 1. The van der Waals surface area contributed by atoms with Crippen LogP contribution in [-0.4, -0.2) is 29.8 Å². The first kappa shape index (κ1) is 27.7. The van der Waals surface area contributed by atoms with Crippen LogP contribution in [0.5, 0.6) is 0 Å². The molecule has 0 bridgehead atoms. The lowest BCUT2D eigenvalue weighted by atomic mass is 10.2. The fourth-order valence-electron chi connectivity index (χ4n) is 3.39. The highest BCUT2D eigenvalue weighted by molar-refractivity contribution is 7.98. The third-order valence-corrected chi connectivity index (χ3v) is 6.50. The molecule has 6 heteroatoms. The normalized spacial score (nSPS) is 10.1. The molecular weight excluding hydrogens is 483 g/mol. The van der Waals surface area contributed by atoms with E-state index in [0.29, 0.717) is 17.8 Å². The van der Waals surface area contributed by atoms with Crippen molar-refractivity contribution < 1.29 is 14.0 Å². The molecule has 0 aliphatic rings. The molecule has 0 atom stereocenters. The average Bonchev–Trinajstić information content (AvgIpc) is 2.93. The Morgan fingerprint density at radius 2 is 1.41 bits per heavy atom. The number of hydrogen-bond acceptors (Lipinski definition) is 3. The zero-order valence-corrected chi connectivity index (χ0v) is 21.9. The highest BCUT2D eigenvalue weighted by atomic mass is 32.2. The van der Waals surface area contributed by atoms with Crippen LogP contribution in [0.4, 0.5) is 10.1 Å². The highest BCUT2D eigenvalue weighted by Crippen LogP contribution is 2.24. The predicted molar refractivity (Wildman–Crippen MR) is 150 cm³/mol. The maximum absolute atomic E-state index is 13.1. The molecule has 2 amide bonds. The highest BCUT2D eigenvalue weighted by Gasteiger charge is 2.17. The van der Waals surface area contributed by atoms with Gasteiger partial charge in [0.25, 0.3) is 5.91 Å². The van der Waals surface area contributed by atoms with Crippen LogP contribution < -0.4 is 5.32 Å². The van der Waals surface area contributed by atoms with Gasteiger partial charge in [-0.25, -0.2) is 4.39 Å². The molecule has 0 radical (unpaired) electrons. The van der Waals surface area contributed by atoms with Crippen LogP contribution >= 0.6 is 11.8 Å². The van der Waals surface area contributed by atoms with Crippen molar-refractivity contribution in [3.63, 3.8) is 0 Å². The van der Waals surface area contributed by atoms with Crippen molar-refractivity contribution in [1.82, 2.24) is 4.90 Å². The molecule has 37 heavy (non-hydrogen) atoms. The largest absolute Gasteiger partial charge is 0.330 e. The minimum Gasteiger partial charge on any atom is -0.330 e. The van der Waals surface area contributed by atoms with Crippen LogP contribution in [0, 0.1) is 12.7 Å². The molecule has 4 rings (SSSR count). The number of likely N-dealkylation sites (N-methyl/N-ethyl adjacent to an activating group) is 1. The molecule has 0 aliphatic heterocycles. The maximum atomic E-state index is 13.1. The van der Waals surface area contributed by atoms with E-state index in [9.17, 15) is 14.0 Å². The Kier molecular flexibility index (Phi) is 10.9. The zero-order chi connectivity index (χ0) is 26.5. The smallest absolute Gasteiger partial charge is 0.254 e. The van der Waals surface area contributed by atoms with E-state index >= 15 is 0 Å². The third-order valence-electron chi connectivity index (χ3n) is 5.42. The number of thioether (sulfide) groups is 1. The number of carbonyl (C=O) groups is 2. The van der Waals surface area contributed by atoms with Crippen LogP contribution in [0.25, 0.3) is 0 Å². The summed E-state index contributed by atoms with van der Waals surface area (Å²) in [5, 5.41) is 2.82. The van der Waals surface area contributed by atoms with Gasteiger partial charge in [0.1, 0.15) is 12.4 Å². The summed E-state index contributed by atoms with van der Waals surface area (Å²) >= 11 is 1.73. The average molecular weight is 515 g/mol. The van der Waals surface area contributed by atoms with E-state index in [1.807, 2.05) is 60.7 Å². The summed E-state index contributed by atoms with van der Waals surface area (Å²) in [7, 11) is 0. The van der Waals surface area contributed by atoms with Gasteiger partial charge in [-0.15, -0.1) is 11.8 Å². The molecule has 0 unspecified atom stereocenters. The molecule has 0 saturated carbocycles. The van der Waals surface area contributed by atoms with Gasteiger partial charge in [-0.1, -0.05) is 66.2 Å². The Morgan fingerprint density at radius 3 is 1.95 bits per heavy atom. The number of rotatable bonds is 8. The van der Waals surface area contributed by atoms with Gasteiger partial charge in [0.05, 0.1) is 0 Å². The van der Waals surface area contributed by atoms with Crippen molar-refractivity contribution in [2.75, 3.05) is 18.4 Å². The van der Waals surface area contributed by atoms with Gasteiger partial charge in [-0.05, 0) is 67.9 Å². The Morgan fingerprint density at radius 1 is 0.811 bits per heavy atom. The second-order valence-electron chi connectivity index (χ2n) is 8.33. The molecular formula is C31H31FN2O2S. The Balaban J connectivity index is 0.000000468. The minimum atomic E-state index is -0.405. The minimum absolute atomic E-state index is 0.0722. The zero-order valence-electron chi connectivity index (χ0n) is 21.1. The Hall–Kier alpha value is -3.90. The van der Waals surface area contributed by atoms with E-state index in [1.165, 1.54) is 40.3 Å². The van der Waals surface area contributed by atoms with Gasteiger partial charge in [-0.2, -0.15) is 0 Å². The molecule has 0 spiro atoms. The second-order valence-corrected chi connectivity index (χ2v) is 9.38. The lowest BCUT2D eigenvalue weighted by molar-refractivity contribution is -0.116. The lowest BCUT2D eigenvalue weighted by Crippen LogP contribution is -2.37. The Bertz CT molecular complexity index is 1250. The maximum Gasteiger partial charge on any atom is 0.254 e. The van der Waals surface area contributed by atoms with Crippen molar-refractivity contribution in [3.05, 3.63) is 132 Å². The first-order valence-corrected chi connectivity index (χ1v) is 13.1.